The maximum atomic E-state index is 12.4. The van der Waals surface area contributed by atoms with Crippen LogP contribution in [0.3, 0.4) is 0 Å². The number of halogens is 2. The highest BCUT2D eigenvalue weighted by Crippen LogP contribution is 2.44. The van der Waals surface area contributed by atoms with Gasteiger partial charge >= 0.3 is 0 Å². The Morgan fingerprint density at radius 1 is 0.667 bits per heavy atom. The maximum Gasteiger partial charge on any atom is 0.296 e. The lowest BCUT2D eigenvalue weighted by Crippen LogP contribution is -2.13. The van der Waals surface area contributed by atoms with Crippen molar-refractivity contribution < 1.29 is 49.1 Å². The number of hydrogen-bond donors (Lipinski definition) is 5. The second-order valence-corrected chi connectivity index (χ2v) is 15.2. The minimum atomic E-state index is -5.03. The molecule has 51 heavy (non-hydrogen) atoms. The van der Waals surface area contributed by atoms with E-state index >= 15 is 0 Å². The van der Waals surface area contributed by atoms with E-state index in [1.54, 1.807) is 7.05 Å². The summed E-state index contributed by atoms with van der Waals surface area (Å²) in [4.78, 5) is 10.6. The van der Waals surface area contributed by atoms with Crippen LogP contribution in [0.1, 0.15) is 5.56 Å². The largest absolute Gasteiger partial charge is 0.506 e. The third-order valence-corrected chi connectivity index (χ3v) is 9.85. The minimum absolute atomic E-state index is 0.0424. The van der Waals surface area contributed by atoms with E-state index in [1.165, 1.54) is 36.1 Å². The second kappa shape index (κ2) is 13.6. The number of azo groups is 2. The Balaban J connectivity index is 1.53. The first-order valence-electron chi connectivity index (χ1n) is 13.5. The van der Waals surface area contributed by atoms with Crippen LogP contribution < -0.4 is 4.90 Å². The molecule has 0 aliphatic carbocycles. The standard InChI is InChI=1S/C27H20Cl2N8O11S3/c1-12-7-18(20(38)11-17(12)33-35-19-10-15(49(40,41)42)4-6-21(19)50(43,44)45)34-36-23-22(51(46,47)48)9-13-8-14(3-5-16(13)24(23)39)37(2)27-31-25(28)30-26(29)32-27/h3-11,38-39H,1-2H3,(H,40,41,42)(H,43,44,45)(H,46,47,48)/b35-33+,36-34+. The Morgan fingerprint density at radius 2 is 1.27 bits per heavy atom. The molecular weight excluding hydrogens is 779 g/mol. The number of aryl methyl sites for hydroxylation is 1. The summed E-state index contributed by atoms with van der Waals surface area (Å²) in [6.45, 7) is 1.44. The number of anilines is 2. The van der Waals surface area contributed by atoms with Crippen LogP contribution in [0.2, 0.25) is 10.6 Å². The number of benzene rings is 4. The Labute approximate surface area is 297 Å². The van der Waals surface area contributed by atoms with Crippen LogP contribution >= 0.6 is 23.2 Å². The first-order chi connectivity index (χ1) is 23.6. The summed E-state index contributed by atoms with van der Waals surface area (Å²) in [5.41, 5.74) is -1.16. The monoisotopic (exact) mass is 798 g/mol. The molecule has 0 saturated heterocycles. The Morgan fingerprint density at radius 3 is 1.88 bits per heavy atom. The van der Waals surface area contributed by atoms with Crippen LogP contribution in [0.4, 0.5) is 34.4 Å². The fourth-order valence-electron chi connectivity index (χ4n) is 4.45. The third kappa shape index (κ3) is 8.18. The summed E-state index contributed by atoms with van der Waals surface area (Å²) >= 11 is 11.7. The Hall–Kier alpha value is -4.94. The normalized spacial score (nSPS) is 12.7. The first-order valence-corrected chi connectivity index (χ1v) is 18.6. The molecule has 5 aromatic rings. The number of fused-ring (bicyclic) bond motifs is 1. The molecule has 0 aliphatic heterocycles. The number of hydrogen-bond acceptors (Lipinski definition) is 16. The van der Waals surface area contributed by atoms with Gasteiger partial charge in [-0.2, -0.15) is 45.3 Å². The van der Waals surface area contributed by atoms with Gasteiger partial charge in [0.25, 0.3) is 30.4 Å². The van der Waals surface area contributed by atoms with Gasteiger partial charge in [-0.05, 0) is 89.6 Å². The maximum absolute atomic E-state index is 12.4. The highest BCUT2D eigenvalue weighted by atomic mass is 35.5. The zero-order valence-electron chi connectivity index (χ0n) is 25.4. The van der Waals surface area contributed by atoms with Crippen molar-refractivity contribution in [1.29, 1.82) is 0 Å². The third-order valence-electron chi connectivity index (χ3n) is 6.89. The van der Waals surface area contributed by atoms with Crippen LogP contribution in [0, 0.1) is 6.92 Å². The van der Waals surface area contributed by atoms with Gasteiger partial charge in [-0.15, -0.1) is 15.3 Å². The van der Waals surface area contributed by atoms with Crippen LogP contribution in [0.25, 0.3) is 10.8 Å². The molecule has 0 aliphatic rings. The molecule has 19 nitrogen and oxygen atoms in total. The summed E-state index contributed by atoms with van der Waals surface area (Å²) in [5.74, 6) is -1.28. The lowest BCUT2D eigenvalue weighted by molar-refractivity contribution is 0.471. The molecule has 0 amide bonds. The van der Waals surface area contributed by atoms with Gasteiger partial charge in [0.1, 0.15) is 32.6 Å². The molecular formula is C27H20Cl2N8O11S3. The molecule has 0 bridgehead atoms. The number of rotatable bonds is 9. The van der Waals surface area contributed by atoms with Gasteiger partial charge in [-0.25, -0.2) is 0 Å². The van der Waals surface area contributed by atoms with Crippen molar-refractivity contribution in [2.24, 2.45) is 20.5 Å². The minimum Gasteiger partial charge on any atom is -0.506 e. The molecule has 0 radical (unpaired) electrons. The van der Waals surface area contributed by atoms with Crippen molar-refractivity contribution in [1.82, 2.24) is 15.0 Å². The van der Waals surface area contributed by atoms with Gasteiger partial charge < -0.3 is 15.1 Å². The molecule has 5 N–H and O–H groups in total. The van der Waals surface area contributed by atoms with Gasteiger partial charge in [0.05, 0.1) is 10.6 Å². The van der Waals surface area contributed by atoms with Crippen LogP contribution in [0.15, 0.2) is 89.7 Å². The molecule has 0 spiro atoms. The highest BCUT2D eigenvalue weighted by molar-refractivity contribution is 7.86. The van der Waals surface area contributed by atoms with E-state index in [2.05, 4.69) is 35.4 Å². The highest BCUT2D eigenvalue weighted by Gasteiger charge is 2.24. The second-order valence-electron chi connectivity index (χ2n) is 10.3. The van der Waals surface area contributed by atoms with Crippen LogP contribution in [-0.4, -0.2) is 71.1 Å². The summed E-state index contributed by atoms with van der Waals surface area (Å²) in [5, 5.41) is 36.6. The molecule has 1 heterocycles. The lowest BCUT2D eigenvalue weighted by atomic mass is 10.1. The molecule has 0 fully saturated rings. The van der Waals surface area contributed by atoms with E-state index in [4.69, 9.17) is 23.2 Å². The van der Waals surface area contributed by atoms with Crippen molar-refractivity contribution in [2.45, 2.75) is 21.6 Å². The Bertz CT molecular complexity index is 2640. The van der Waals surface area contributed by atoms with Crippen LogP contribution in [0.5, 0.6) is 11.5 Å². The van der Waals surface area contributed by atoms with E-state index < -0.39 is 67.9 Å². The van der Waals surface area contributed by atoms with E-state index in [0.717, 1.165) is 18.2 Å². The number of phenolic OH excluding ortho intramolecular Hbond substituents is 2. The fourth-order valence-corrected chi connectivity index (χ4v) is 6.56. The summed E-state index contributed by atoms with van der Waals surface area (Å²) in [7, 11) is -13.2. The van der Waals surface area contributed by atoms with Gasteiger partial charge in [0.15, 0.2) is 5.75 Å². The molecule has 0 unspecified atom stereocenters. The van der Waals surface area contributed by atoms with E-state index in [-0.39, 0.29) is 44.2 Å². The van der Waals surface area contributed by atoms with Gasteiger partial charge in [-0.3, -0.25) is 13.7 Å². The molecule has 0 saturated carbocycles. The molecule has 0 atom stereocenters. The average molecular weight is 800 g/mol. The Kier molecular flexibility index (Phi) is 9.99. The number of nitrogens with zero attached hydrogens (tertiary/aromatic N) is 8. The van der Waals surface area contributed by atoms with E-state index in [0.29, 0.717) is 17.8 Å². The predicted octanol–water partition coefficient (Wildman–Crippen LogP) is 6.39. The average Bonchev–Trinajstić information content (AvgIpc) is 3.02. The van der Waals surface area contributed by atoms with Gasteiger partial charge in [0, 0.05) is 24.2 Å². The fraction of sp³-hybridized carbons (Fsp3) is 0.0741. The van der Waals surface area contributed by atoms with E-state index in [9.17, 15) is 49.1 Å². The summed E-state index contributed by atoms with van der Waals surface area (Å²) in [6, 6.07) is 9.62. The van der Waals surface area contributed by atoms with Crippen LogP contribution in [-0.2, 0) is 30.4 Å². The van der Waals surface area contributed by atoms with Crippen molar-refractivity contribution in [3.05, 3.63) is 70.7 Å². The van der Waals surface area contributed by atoms with Gasteiger partial charge in [0.2, 0.25) is 16.5 Å². The number of phenols is 2. The SMILES string of the molecule is Cc1cc(/N=N/c2c(S(=O)(=O)O)cc3cc(N(C)c4nc(Cl)nc(Cl)n4)ccc3c2O)c(O)cc1/N=N/c1cc(S(=O)(=O)O)ccc1S(=O)(=O)O. The molecule has 4 aromatic carbocycles. The molecule has 5 rings (SSSR count). The topological polar surface area (TPSA) is 295 Å². The lowest BCUT2D eigenvalue weighted by Gasteiger charge is -2.18. The number of aromatic nitrogens is 3. The van der Waals surface area contributed by atoms with Crippen molar-refractivity contribution in [3.63, 3.8) is 0 Å². The summed E-state index contributed by atoms with van der Waals surface area (Å²) in [6.07, 6.45) is 0. The molecule has 1 aromatic heterocycles. The quantitative estimate of drug-likeness (QED) is 0.0797. The smallest absolute Gasteiger partial charge is 0.296 e. The van der Waals surface area contributed by atoms with Gasteiger partial charge in [-0.1, -0.05) is 0 Å². The van der Waals surface area contributed by atoms with E-state index in [1.807, 2.05) is 0 Å². The zero-order chi connectivity index (χ0) is 37.6. The van der Waals surface area contributed by atoms with Crippen molar-refractivity contribution >= 4 is 98.7 Å². The molecule has 266 valence electrons. The number of aromatic hydroxyl groups is 2. The molecule has 24 heteroatoms. The van der Waals surface area contributed by atoms with Crippen molar-refractivity contribution in [3.8, 4) is 11.5 Å². The summed E-state index contributed by atoms with van der Waals surface area (Å²) < 4.78 is 100. The predicted molar refractivity (Wildman–Crippen MR) is 181 cm³/mol. The zero-order valence-corrected chi connectivity index (χ0v) is 29.4. The first kappa shape index (κ1) is 37.3. The van der Waals surface area contributed by atoms with Crippen molar-refractivity contribution in [2.75, 3.05) is 11.9 Å².